The van der Waals surface area contributed by atoms with Crippen molar-refractivity contribution in [2.75, 3.05) is 6.54 Å². The molecular formula is C10H14FN. The average molecular weight is 167 g/mol. The predicted octanol–water partition coefficient (Wildman–Crippen LogP) is 2.20. The van der Waals surface area contributed by atoms with Crippen LogP contribution in [0.3, 0.4) is 0 Å². The summed E-state index contributed by atoms with van der Waals surface area (Å²) in [6.07, 6.45) is 0. The van der Waals surface area contributed by atoms with Crippen molar-refractivity contribution < 1.29 is 4.39 Å². The van der Waals surface area contributed by atoms with Gasteiger partial charge in [-0.15, -0.1) is 0 Å². The highest BCUT2D eigenvalue weighted by Crippen LogP contribution is 2.18. The maximum Gasteiger partial charge on any atom is 0.126 e. The Labute approximate surface area is 72.4 Å². The number of hydrogen-bond donors (Lipinski definition) is 1. The van der Waals surface area contributed by atoms with Gasteiger partial charge in [-0.3, -0.25) is 0 Å². The predicted molar refractivity (Wildman–Crippen MR) is 48.6 cm³/mol. The molecule has 2 N–H and O–H groups in total. The van der Waals surface area contributed by atoms with Gasteiger partial charge >= 0.3 is 0 Å². The summed E-state index contributed by atoms with van der Waals surface area (Å²) in [6.45, 7) is 4.37. The number of nitrogens with two attached hydrogens (primary N) is 1. The Hall–Kier alpha value is -0.890. The molecule has 1 nitrogen and oxygen atoms in total. The van der Waals surface area contributed by atoms with Crippen LogP contribution < -0.4 is 5.73 Å². The molecule has 0 bridgehead atoms. The van der Waals surface area contributed by atoms with Crippen LogP contribution >= 0.6 is 0 Å². The first-order valence-electron chi connectivity index (χ1n) is 4.11. The minimum Gasteiger partial charge on any atom is -0.330 e. The van der Waals surface area contributed by atoms with E-state index < -0.39 is 0 Å². The summed E-state index contributed by atoms with van der Waals surface area (Å²) >= 11 is 0. The van der Waals surface area contributed by atoms with Gasteiger partial charge in [0.2, 0.25) is 0 Å². The van der Waals surface area contributed by atoms with Crippen molar-refractivity contribution in [3.63, 3.8) is 0 Å². The second kappa shape index (κ2) is 3.68. The highest BCUT2D eigenvalue weighted by Gasteiger charge is 2.08. The Bertz CT molecular complexity index is 271. The standard InChI is InChI=1S/C10H14FN/c1-7-3-4-10(11)9(5-7)8(2)6-12/h3-5,8H,6,12H2,1-2H3/t8-/m0/s1. The number of benzene rings is 1. The largest absolute Gasteiger partial charge is 0.330 e. The number of halogens is 1. The molecule has 0 radical (unpaired) electrons. The SMILES string of the molecule is Cc1ccc(F)c([C@@H](C)CN)c1. The molecule has 2 heteroatoms. The van der Waals surface area contributed by atoms with E-state index in [9.17, 15) is 4.39 Å². The molecular weight excluding hydrogens is 153 g/mol. The Balaban J connectivity index is 3.04. The zero-order chi connectivity index (χ0) is 9.14. The van der Waals surface area contributed by atoms with E-state index >= 15 is 0 Å². The van der Waals surface area contributed by atoms with Crippen LogP contribution in [0.5, 0.6) is 0 Å². The van der Waals surface area contributed by atoms with E-state index in [2.05, 4.69) is 0 Å². The Kier molecular flexibility index (Phi) is 2.82. The summed E-state index contributed by atoms with van der Waals surface area (Å²) in [4.78, 5) is 0. The molecule has 1 aromatic rings. The minimum absolute atomic E-state index is 0.102. The summed E-state index contributed by atoms with van der Waals surface area (Å²) in [6, 6.07) is 5.12. The lowest BCUT2D eigenvalue weighted by molar-refractivity contribution is 0.590. The Morgan fingerprint density at radius 1 is 1.50 bits per heavy atom. The van der Waals surface area contributed by atoms with E-state index in [1.807, 2.05) is 19.9 Å². The van der Waals surface area contributed by atoms with E-state index in [0.717, 1.165) is 11.1 Å². The van der Waals surface area contributed by atoms with E-state index in [1.165, 1.54) is 6.07 Å². The van der Waals surface area contributed by atoms with Gasteiger partial charge in [0.1, 0.15) is 5.82 Å². The first-order chi connectivity index (χ1) is 5.65. The van der Waals surface area contributed by atoms with Crippen molar-refractivity contribution in [3.8, 4) is 0 Å². The van der Waals surface area contributed by atoms with Crippen LogP contribution in [0.4, 0.5) is 4.39 Å². The molecule has 0 aliphatic rings. The van der Waals surface area contributed by atoms with Gasteiger partial charge in [-0.1, -0.05) is 24.6 Å². The summed E-state index contributed by atoms with van der Waals surface area (Å²) in [5.41, 5.74) is 7.25. The third-order valence-corrected chi connectivity index (χ3v) is 2.04. The molecule has 0 heterocycles. The summed E-state index contributed by atoms with van der Waals surface area (Å²) in [5, 5.41) is 0. The van der Waals surface area contributed by atoms with Gasteiger partial charge < -0.3 is 5.73 Å². The monoisotopic (exact) mass is 167 g/mol. The van der Waals surface area contributed by atoms with Gasteiger partial charge in [-0.2, -0.15) is 0 Å². The van der Waals surface area contributed by atoms with E-state index in [1.54, 1.807) is 6.07 Å². The van der Waals surface area contributed by atoms with E-state index in [0.29, 0.717) is 6.54 Å². The smallest absolute Gasteiger partial charge is 0.126 e. The lowest BCUT2D eigenvalue weighted by Crippen LogP contribution is -2.10. The second-order valence-corrected chi connectivity index (χ2v) is 3.16. The molecule has 0 aliphatic heterocycles. The molecule has 0 aliphatic carbocycles. The fourth-order valence-corrected chi connectivity index (χ4v) is 1.17. The molecule has 1 atom stereocenters. The number of aryl methyl sites for hydroxylation is 1. The normalized spacial score (nSPS) is 13.0. The quantitative estimate of drug-likeness (QED) is 0.718. The van der Waals surface area contributed by atoms with Gasteiger partial charge in [0.15, 0.2) is 0 Å². The van der Waals surface area contributed by atoms with Crippen LogP contribution in [-0.2, 0) is 0 Å². The molecule has 0 spiro atoms. The van der Waals surface area contributed by atoms with Gasteiger partial charge in [0.05, 0.1) is 0 Å². The van der Waals surface area contributed by atoms with Crippen molar-refractivity contribution in [3.05, 3.63) is 35.1 Å². The van der Waals surface area contributed by atoms with Crippen LogP contribution in [0.25, 0.3) is 0 Å². The van der Waals surface area contributed by atoms with Gasteiger partial charge in [0.25, 0.3) is 0 Å². The topological polar surface area (TPSA) is 26.0 Å². The van der Waals surface area contributed by atoms with Crippen LogP contribution in [0.15, 0.2) is 18.2 Å². The molecule has 1 rings (SSSR count). The second-order valence-electron chi connectivity index (χ2n) is 3.16. The maximum atomic E-state index is 13.2. The average Bonchev–Trinajstić information content (AvgIpc) is 2.08. The van der Waals surface area contributed by atoms with E-state index in [-0.39, 0.29) is 11.7 Å². The summed E-state index contributed by atoms with van der Waals surface area (Å²) in [5.74, 6) is -0.0524. The van der Waals surface area contributed by atoms with Crippen LogP contribution in [0, 0.1) is 12.7 Å². The van der Waals surface area contributed by atoms with Crippen molar-refractivity contribution in [2.24, 2.45) is 5.73 Å². The van der Waals surface area contributed by atoms with Crippen LogP contribution in [-0.4, -0.2) is 6.54 Å². The summed E-state index contributed by atoms with van der Waals surface area (Å²) < 4.78 is 13.2. The summed E-state index contributed by atoms with van der Waals surface area (Å²) in [7, 11) is 0. The third-order valence-electron chi connectivity index (χ3n) is 2.04. The van der Waals surface area contributed by atoms with Crippen LogP contribution in [0.1, 0.15) is 24.0 Å². The number of rotatable bonds is 2. The Morgan fingerprint density at radius 2 is 2.17 bits per heavy atom. The lowest BCUT2D eigenvalue weighted by atomic mass is 9.99. The van der Waals surface area contributed by atoms with E-state index in [4.69, 9.17) is 5.73 Å². The molecule has 0 fully saturated rings. The molecule has 66 valence electrons. The lowest BCUT2D eigenvalue weighted by Gasteiger charge is -2.10. The minimum atomic E-state index is -0.154. The van der Waals surface area contributed by atoms with Crippen molar-refractivity contribution >= 4 is 0 Å². The maximum absolute atomic E-state index is 13.2. The van der Waals surface area contributed by atoms with Gasteiger partial charge in [-0.25, -0.2) is 4.39 Å². The zero-order valence-electron chi connectivity index (χ0n) is 7.47. The highest BCUT2D eigenvalue weighted by atomic mass is 19.1. The first kappa shape index (κ1) is 9.20. The van der Waals surface area contributed by atoms with Crippen molar-refractivity contribution in [1.29, 1.82) is 0 Å². The third kappa shape index (κ3) is 1.83. The molecule has 1 aromatic carbocycles. The fraction of sp³-hybridized carbons (Fsp3) is 0.400. The van der Waals surface area contributed by atoms with Gasteiger partial charge in [-0.05, 0) is 31.0 Å². The zero-order valence-corrected chi connectivity index (χ0v) is 7.47. The number of hydrogen-bond acceptors (Lipinski definition) is 1. The van der Waals surface area contributed by atoms with Crippen molar-refractivity contribution in [2.45, 2.75) is 19.8 Å². The van der Waals surface area contributed by atoms with Crippen LogP contribution in [0.2, 0.25) is 0 Å². The molecule has 0 saturated carbocycles. The molecule has 0 unspecified atom stereocenters. The molecule has 0 aromatic heterocycles. The van der Waals surface area contributed by atoms with Gasteiger partial charge in [0, 0.05) is 0 Å². The molecule has 0 saturated heterocycles. The molecule has 0 amide bonds. The molecule has 12 heavy (non-hydrogen) atoms. The first-order valence-corrected chi connectivity index (χ1v) is 4.11. The highest BCUT2D eigenvalue weighted by molar-refractivity contribution is 5.26. The van der Waals surface area contributed by atoms with Crippen molar-refractivity contribution in [1.82, 2.24) is 0 Å². The Morgan fingerprint density at radius 3 is 2.75 bits per heavy atom. The fourth-order valence-electron chi connectivity index (χ4n) is 1.17.